The maximum absolute atomic E-state index is 14.0. The molecule has 1 aliphatic rings. The maximum Gasteiger partial charge on any atom is 0.253 e. The lowest BCUT2D eigenvalue weighted by Gasteiger charge is -2.21. The van der Waals surface area contributed by atoms with E-state index in [0.717, 1.165) is 19.0 Å². The highest BCUT2D eigenvalue weighted by atomic mass is 19.1. The molecular weight excluding hydrogens is 334 g/mol. The summed E-state index contributed by atoms with van der Waals surface area (Å²) in [6.07, 6.45) is 1.63. The number of carbonyl (C=O) groups is 1. The number of benzene rings is 2. The smallest absolute Gasteiger partial charge is 0.253 e. The van der Waals surface area contributed by atoms with Gasteiger partial charge in [0.15, 0.2) is 0 Å². The molecule has 2 aromatic rings. The Labute approximate surface area is 153 Å². The standard InChI is InChI=1S/C21H24F2N2O/c1-2-20(18-9-8-17(22)12-19(18)23)24-13-15-10-11-25(14-15)21(26)16-6-4-3-5-7-16/h3-9,12,15,20,24H,2,10-11,13-14H2,1H3/t15-,20+/m0/s1. The molecule has 2 aromatic carbocycles. The highest BCUT2D eigenvalue weighted by molar-refractivity contribution is 5.94. The van der Waals surface area contributed by atoms with E-state index in [2.05, 4.69) is 5.32 Å². The maximum atomic E-state index is 14.0. The van der Waals surface area contributed by atoms with Gasteiger partial charge in [-0.15, -0.1) is 0 Å². The second-order valence-electron chi connectivity index (χ2n) is 6.81. The fourth-order valence-electron chi connectivity index (χ4n) is 3.51. The summed E-state index contributed by atoms with van der Waals surface area (Å²) < 4.78 is 27.1. The summed E-state index contributed by atoms with van der Waals surface area (Å²) in [5.74, 6) is -0.687. The van der Waals surface area contributed by atoms with Gasteiger partial charge in [0.2, 0.25) is 0 Å². The Morgan fingerprint density at radius 3 is 2.69 bits per heavy atom. The van der Waals surface area contributed by atoms with Crippen LogP contribution in [0.2, 0.25) is 0 Å². The van der Waals surface area contributed by atoms with Crippen LogP contribution in [0.5, 0.6) is 0 Å². The van der Waals surface area contributed by atoms with Gasteiger partial charge in [0.1, 0.15) is 11.6 Å². The minimum atomic E-state index is -0.563. The number of carbonyl (C=O) groups excluding carboxylic acids is 1. The van der Waals surface area contributed by atoms with Crippen molar-refractivity contribution in [2.75, 3.05) is 19.6 Å². The van der Waals surface area contributed by atoms with Crippen molar-refractivity contribution in [3.63, 3.8) is 0 Å². The Bertz CT molecular complexity index is 751. The van der Waals surface area contributed by atoms with Gasteiger partial charge in [-0.05, 0) is 37.0 Å². The molecule has 1 fully saturated rings. The van der Waals surface area contributed by atoms with Gasteiger partial charge in [-0.3, -0.25) is 4.79 Å². The summed E-state index contributed by atoms with van der Waals surface area (Å²) >= 11 is 0. The Morgan fingerprint density at radius 2 is 2.00 bits per heavy atom. The summed E-state index contributed by atoms with van der Waals surface area (Å²) in [5, 5.41) is 3.39. The molecule has 3 nitrogen and oxygen atoms in total. The third-order valence-electron chi connectivity index (χ3n) is 4.99. The van der Waals surface area contributed by atoms with Gasteiger partial charge in [0.05, 0.1) is 0 Å². The first-order valence-electron chi connectivity index (χ1n) is 9.11. The molecule has 1 saturated heterocycles. The molecule has 0 radical (unpaired) electrons. The van der Waals surface area contributed by atoms with Crippen molar-refractivity contribution in [3.8, 4) is 0 Å². The Balaban J connectivity index is 1.56. The van der Waals surface area contributed by atoms with Crippen LogP contribution in [-0.2, 0) is 0 Å². The number of halogens is 2. The van der Waals surface area contributed by atoms with E-state index < -0.39 is 11.6 Å². The molecule has 5 heteroatoms. The molecule has 2 atom stereocenters. The predicted octanol–water partition coefficient (Wildman–Crippen LogP) is 4.17. The fraction of sp³-hybridized carbons (Fsp3) is 0.381. The van der Waals surface area contributed by atoms with Crippen LogP contribution in [0, 0.1) is 17.6 Å². The number of nitrogens with zero attached hydrogens (tertiary/aromatic N) is 1. The van der Waals surface area contributed by atoms with Crippen molar-refractivity contribution < 1.29 is 13.6 Å². The van der Waals surface area contributed by atoms with Gasteiger partial charge in [-0.2, -0.15) is 0 Å². The summed E-state index contributed by atoms with van der Waals surface area (Å²) in [4.78, 5) is 14.4. The highest BCUT2D eigenvalue weighted by Gasteiger charge is 2.27. The molecule has 1 N–H and O–H groups in total. The zero-order chi connectivity index (χ0) is 18.5. The van der Waals surface area contributed by atoms with Crippen LogP contribution in [0.4, 0.5) is 8.78 Å². The molecular formula is C21H24F2N2O. The second kappa shape index (κ2) is 8.41. The molecule has 3 rings (SSSR count). The minimum Gasteiger partial charge on any atom is -0.338 e. The largest absolute Gasteiger partial charge is 0.338 e. The SMILES string of the molecule is CC[C@@H](NC[C@@H]1CCN(C(=O)c2ccccc2)C1)c1ccc(F)cc1F. The van der Waals surface area contributed by atoms with Crippen LogP contribution < -0.4 is 5.32 Å². The lowest BCUT2D eigenvalue weighted by Crippen LogP contribution is -2.32. The van der Waals surface area contributed by atoms with E-state index in [0.29, 0.717) is 36.6 Å². The first-order chi connectivity index (χ1) is 12.6. The van der Waals surface area contributed by atoms with Gasteiger partial charge in [-0.25, -0.2) is 8.78 Å². The summed E-state index contributed by atoms with van der Waals surface area (Å²) in [5.41, 5.74) is 1.20. The van der Waals surface area contributed by atoms with Crippen molar-refractivity contribution in [2.45, 2.75) is 25.8 Å². The number of likely N-dealkylation sites (tertiary alicyclic amines) is 1. The molecule has 1 amide bonds. The number of nitrogens with one attached hydrogen (secondary N) is 1. The van der Waals surface area contributed by atoms with Crippen LogP contribution >= 0.6 is 0 Å². The Kier molecular flexibility index (Phi) is 5.99. The highest BCUT2D eigenvalue weighted by Crippen LogP contribution is 2.23. The van der Waals surface area contributed by atoms with E-state index in [4.69, 9.17) is 0 Å². The van der Waals surface area contributed by atoms with Gasteiger partial charge >= 0.3 is 0 Å². The normalized spacial score (nSPS) is 18.1. The van der Waals surface area contributed by atoms with E-state index in [9.17, 15) is 13.6 Å². The number of rotatable bonds is 6. The Hall–Kier alpha value is -2.27. The third kappa shape index (κ3) is 4.28. The molecule has 138 valence electrons. The van der Waals surface area contributed by atoms with Crippen molar-refractivity contribution in [3.05, 3.63) is 71.3 Å². The average molecular weight is 358 g/mol. The monoisotopic (exact) mass is 358 g/mol. The predicted molar refractivity (Wildman–Crippen MR) is 97.8 cm³/mol. The van der Waals surface area contributed by atoms with E-state index in [1.54, 1.807) is 0 Å². The van der Waals surface area contributed by atoms with Crippen molar-refractivity contribution in [1.82, 2.24) is 10.2 Å². The van der Waals surface area contributed by atoms with Gasteiger partial charge in [-0.1, -0.05) is 31.2 Å². The lowest BCUT2D eigenvalue weighted by atomic mass is 10.0. The number of amides is 1. The van der Waals surface area contributed by atoms with Crippen molar-refractivity contribution in [1.29, 1.82) is 0 Å². The minimum absolute atomic E-state index is 0.0599. The molecule has 0 saturated carbocycles. The van der Waals surface area contributed by atoms with E-state index >= 15 is 0 Å². The molecule has 0 aromatic heterocycles. The summed E-state index contributed by atoms with van der Waals surface area (Å²) in [6.45, 7) is 4.11. The van der Waals surface area contributed by atoms with E-state index in [1.807, 2.05) is 42.2 Å². The molecule has 0 unspecified atom stereocenters. The summed E-state index contributed by atoms with van der Waals surface area (Å²) in [7, 11) is 0. The molecule has 0 bridgehead atoms. The first-order valence-corrected chi connectivity index (χ1v) is 9.11. The van der Waals surface area contributed by atoms with Crippen LogP contribution in [0.1, 0.15) is 41.7 Å². The van der Waals surface area contributed by atoms with Crippen molar-refractivity contribution in [2.24, 2.45) is 5.92 Å². The number of hydrogen-bond acceptors (Lipinski definition) is 2. The third-order valence-corrected chi connectivity index (χ3v) is 4.99. The lowest BCUT2D eigenvalue weighted by molar-refractivity contribution is 0.0787. The Morgan fingerprint density at radius 1 is 1.23 bits per heavy atom. The molecule has 26 heavy (non-hydrogen) atoms. The molecule has 1 aliphatic heterocycles. The zero-order valence-corrected chi connectivity index (χ0v) is 14.9. The molecule has 1 heterocycles. The van der Waals surface area contributed by atoms with Crippen LogP contribution in [0.25, 0.3) is 0 Å². The topological polar surface area (TPSA) is 32.3 Å². The first kappa shape index (κ1) is 18.5. The average Bonchev–Trinajstić information content (AvgIpc) is 3.12. The molecule has 0 spiro atoms. The fourth-order valence-corrected chi connectivity index (χ4v) is 3.51. The van der Waals surface area contributed by atoms with E-state index in [-0.39, 0.29) is 11.9 Å². The van der Waals surface area contributed by atoms with Crippen LogP contribution in [-0.4, -0.2) is 30.4 Å². The van der Waals surface area contributed by atoms with Gasteiger partial charge in [0, 0.05) is 42.9 Å². The summed E-state index contributed by atoms with van der Waals surface area (Å²) in [6, 6.07) is 12.9. The van der Waals surface area contributed by atoms with Crippen LogP contribution in [0.3, 0.4) is 0 Å². The number of hydrogen-bond donors (Lipinski definition) is 1. The zero-order valence-electron chi connectivity index (χ0n) is 14.9. The molecule has 0 aliphatic carbocycles. The quantitative estimate of drug-likeness (QED) is 0.841. The second-order valence-corrected chi connectivity index (χ2v) is 6.81. The van der Waals surface area contributed by atoms with Crippen molar-refractivity contribution >= 4 is 5.91 Å². The van der Waals surface area contributed by atoms with Gasteiger partial charge in [0.25, 0.3) is 5.91 Å². The van der Waals surface area contributed by atoms with E-state index in [1.165, 1.54) is 12.1 Å². The van der Waals surface area contributed by atoms with Crippen LogP contribution in [0.15, 0.2) is 48.5 Å². The van der Waals surface area contributed by atoms with Gasteiger partial charge < -0.3 is 10.2 Å².